The highest BCUT2D eigenvalue weighted by atomic mass is 16.5. The van der Waals surface area contributed by atoms with Gasteiger partial charge in [-0.2, -0.15) is 0 Å². The van der Waals surface area contributed by atoms with E-state index in [1.165, 1.54) is 0 Å². The van der Waals surface area contributed by atoms with E-state index in [0.29, 0.717) is 13.0 Å². The first kappa shape index (κ1) is 17.2. The maximum absolute atomic E-state index is 11.8. The highest BCUT2D eigenvalue weighted by Crippen LogP contribution is 2.21. The van der Waals surface area contributed by atoms with Gasteiger partial charge in [0.2, 0.25) is 0 Å². The van der Waals surface area contributed by atoms with Gasteiger partial charge in [-0.25, -0.2) is 0 Å². The molecule has 0 saturated carbocycles. The van der Waals surface area contributed by atoms with Gasteiger partial charge >= 0.3 is 11.9 Å². The van der Waals surface area contributed by atoms with Crippen LogP contribution in [0.4, 0.5) is 0 Å². The zero-order valence-electron chi connectivity index (χ0n) is 12.8. The van der Waals surface area contributed by atoms with E-state index in [1.54, 1.807) is 0 Å². The fourth-order valence-corrected chi connectivity index (χ4v) is 1.94. The first-order chi connectivity index (χ1) is 10.2. The molecule has 116 valence electrons. The Morgan fingerprint density at radius 1 is 1.05 bits per heavy atom. The molecule has 0 aliphatic rings. The van der Waals surface area contributed by atoms with Gasteiger partial charge in [0, 0.05) is 12.8 Å². The lowest BCUT2D eigenvalue weighted by atomic mass is 10.1. The average Bonchev–Trinajstić information content (AvgIpc) is 2.51. The van der Waals surface area contributed by atoms with E-state index in [0.717, 1.165) is 18.4 Å². The summed E-state index contributed by atoms with van der Waals surface area (Å²) in [4.78, 5) is 23.1. The molecule has 0 radical (unpaired) electrons. The minimum atomic E-state index is -0.269. The number of ether oxygens (including phenoxy) is 2. The predicted molar refractivity (Wildman–Crippen MR) is 80.7 cm³/mol. The number of esters is 2. The molecule has 1 rings (SSSR count). The van der Waals surface area contributed by atoms with Crippen LogP contribution in [0.15, 0.2) is 30.3 Å². The molecule has 0 aliphatic carbocycles. The maximum atomic E-state index is 11.8. The lowest BCUT2D eigenvalue weighted by Gasteiger charge is -2.16. The molecule has 4 nitrogen and oxygen atoms in total. The molecule has 1 aromatic carbocycles. The van der Waals surface area contributed by atoms with Crippen molar-refractivity contribution in [1.29, 1.82) is 0 Å². The SMILES string of the molecule is CCCOC(=O)CCCC(=O)OC(CC)c1ccccc1. The van der Waals surface area contributed by atoms with Crippen LogP contribution >= 0.6 is 0 Å². The Morgan fingerprint density at radius 2 is 1.71 bits per heavy atom. The molecule has 0 aromatic heterocycles. The van der Waals surface area contributed by atoms with Crippen LogP contribution < -0.4 is 0 Å². The van der Waals surface area contributed by atoms with Gasteiger partial charge in [0.05, 0.1) is 6.61 Å². The van der Waals surface area contributed by atoms with E-state index < -0.39 is 0 Å². The Bertz CT molecular complexity index is 428. The van der Waals surface area contributed by atoms with Crippen molar-refractivity contribution in [2.75, 3.05) is 6.61 Å². The van der Waals surface area contributed by atoms with Gasteiger partial charge in [0.15, 0.2) is 0 Å². The fourth-order valence-electron chi connectivity index (χ4n) is 1.94. The average molecular weight is 292 g/mol. The van der Waals surface area contributed by atoms with E-state index in [9.17, 15) is 9.59 Å². The van der Waals surface area contributed by atoms with Crippen molar-refractivity contribution in [3.63, 3.8) is 0 Å². The molecule has 1 aromatic rings. The van der Waals surface area contributed by atoms with Gasteiger partial charge in [-0.1, -0.05) is 44.2 Å². The molecule has 0 saturated heterocycles. The third-order valence-electron chi connectivity index (χ3n) is 3.04. The number of hydrogen-bond acceptors (Lipinski definition) is 4. The summed E-state index contributed by atoms with van der Waals surface area (Å²) in [5, 5.41) is 0. The van der Waals surface area contributed by atoms with Crippen molar-refractivity contribution >= 4 is 11.9 Å². The van der Waals surface area contributed by atoms with Crippen LogP contribution in [0.3, 0.4) is 0 Å². The van der Waals surface area contributed by atoms with Gasteiger partial charge in [0.1, 0.15) is 6.10 Å². The van der Waals surface area contributed by atoms with Crippen LogP contribution in [0.2, 0.25) is 0 Å². The van der Waals surface area contributed by atoms with Gasteiger partial charge in [-0.15, -0.1) is 0 Å². The summed E-state index contributed by atoms with van der Waals surface area (Å²) in [6, 6.07) is 9.68. The highest BCUT2D eigenvalue weighted by molar-refractivity contribution is 5.72. The van der Waals surface area contributed by atoms with E-state index in [2.05, 4.69) is 0 Å². The molecule has 1 unspecified atom stereocenters. The van der Waals surface area contributed by atoms with Gasteiger partial charge < -0.3 is 9.47 Å². The largest absolute Gasteiger partial charge is 0.466 e. The molecule has 0 aliphatic heterocycles. The monoisotopic (exact) mass is 292 g/mol. The Morgan fingerprint density at radius 3 is 2.33 bits per heavy atom. The van der Waals surface area contributed by atoms with E-state index in [4.69, 9.17) is 9.47 Å². The molecule has 0 amide bonds. The van der Waals surface area contributed by atoms with Crippen LogP contribution in [0.1, 0.15) is 57.6 Å². The maximum Gasteiger partial charge on any atom is 0.306 e. The summed E-state index contributed by atoms with van der Waals surface area (Å²) in [6.45, 7) is 4.36. The molecule has 0 fully saturated rings. The normalized spacial score (nSPS) is 11.7. The molecule has 0 spiro atoms. The first-order valence-corrected chi connectivity index (χ1v) is 7.57. The van der Waals surface area contributed by atoms with Crippen molar-refractivity contribution in [2.45, 2.75) is 52.1 Å². The molecule has 1 atom stereocenters. The van der Waals surface area contributed by atoms with Crippen LogP contribution in [-0.2, 0) is 19.1 Å². The summed E-state index contributed by atoms with van der Waals surface area (Å²) >= 11 is 0. The van der Waals surface area contributed by atoms with Crippen molar-refractivity contribution in [3.8, 4) is 0 Å². The van der Waals surface area contributed by atoms with Crippen LogP contribution in [0.5, 0.6) is 0 Å². The van der Waals surface area contributed by atoms with Crippen LogP contribution in [0, 0.1) is 0 Å². The predicted octanol–water partition coefficient (Wildman–Crippen LogP) is 3.80. The summed E-state index contributed by atoms with van der Waals surface area (Å²) in [7, 11) is 0. The molecule has 0 bridgehead atoms. The molecule has 0 heterocycles. The Hall–Kier alpha value is -1.84. The van der Waals surface area contributed by atoms with Crippen molar-refractivity contribution in [2.24, 2.45) is 0 Å². The van der Waals surface area contributed by atoms with Crippen molar-refractivity contribution in [1.82, 2.24) is 0 Å². The zero-order chi connectivity index (χ0) is 15.5. The smallest absolute Gasteiger partial charge is 0.306 e. The summed E-state index contributed by atoms with van der Waals surface area (Å²) < 4.78 is 10.4. The topological polar surface area (TPSA) is 52.6 Å². The second kappa shape index (κ2) is 9.97. The van der Waals surface area contributed by atoms with E-state index in [-0.39, 0.29) is 30.9 Å². The lowest BCUT2D eigenvalue weighted by Crippen LogP contribution is -2.12. The fraction of sp³-hybridized carbons (Fsp3) is 0.529. The minimum absolute atomic E-state index is 0.217. The second-order valence-electron chi connectivity index (χ2n) is 4.87. The van der Waals surface area contributed by atoms with Crippen molar-refractivity contribution in [3.05, 3.63) is 35.9 Å². The third kappa shape index (κ3) is 6.93. The Labute approximate surface area is 126 Å². The molecule has 4 heteroatoms. The lowest BCUT2D eigenvalue weighted by molar-refractivity contribution is -0.150. The van der Waals surface area contributed by atoms with Crippen molar-refractivity contribution < 1.29 is 19.1 Å². The number of benzene rings is 1. The van der Waals surface area contributed by atoms with Gasteiger partial charge in [-0.3, -0.25) is 9.59 Å². The van der Waals surface area contributed by atoms with Gasteiger partial charge in [-0.05, 0) is 24.8 Å². The van der Waals surface area contributed by atoms with Crippen LogP contribution in [-0.4, -0.2) is 18.5 Å². The molecular weight excluding hydrogens is 268 g/mol. The number of hydrogen-bond donors (Lipinski definition) is 0. The number of carbonyl (C=O) groups excluding carboxylic acids is 2. The summed E-state index contributed by atoms with van der Waals surface area (Å²) in [6.07, 6.45) is 2.29. The Kier molecular flexibility index (Phi) is 8.17. The van der Waals surface area contributed by atoms with E-state index >= 15 is 0 Å². The highest BCUT2D eigenvalue weighted by Gasteiger charge is 2.14. The molecule has 21 heavy (non-hydrogen) atoms. The minimum Gasteiger partial charge on any atom is -0.466 e. The molecular formula is C17H24O4. The Balaban J connectivity index is 2.30. The number of rotatable bonds is 9. The summed E-state index contributed by atoms with van der Waals surface area (Å²) in [5.74, 6) is -0.520. The zero-order valence-corrected chi connectivity index (χ0v) is 12.8. The van der Waals surface area contributed by atoms with E-state index in [1.807, 2.05) is 44.2 Å². The first-order valence-electron chi connectivity index (χ1n) is 7.57. The standard InChI is InChI=1S/C17H24O4/c1-3-13-20-16(18)11-8-12-17(19)21-15(4-2)14-9-6-5-7-10-14/h5-7,9-10,15H,3-4,8,11-13H2,1-2H3. The summed E-state index contributed by atoms with van der Waals surface area (Å²) in [5.41, 5.74) is 0.996. The quantitative estimate of drug-likeness (QED) is 0.649. The number of carbonyl (C=O) groups is 2. The third-order valence-corrected chi connectivity index (χ3v) is 3.04. The molecule has 0 N–H and O–H groups in total. The second-order valence-corrected chi connectivity index (χ2v) is 4.87. The van der Waals surface area contributed by atoms with Gasteiger partial charge in [0.25, 0.3) is 0 Å². The van der Waals surface area contributed by atoms with Crippen LogP contribution in [0.25, 0.3) is 0 Å².